The summed E-state index contributed by atoms with van der Waals surface area (Å²) in [6.45, 7) is 3.14. The van der Waals surface area contributed by atoms with Gasteiger partial charge >= 0.3 is 11.9 Å². The fourth-order valence-corrected chi connectivity index (χ4v) is 3.18. The summed E-state index contributed by atoms with van der Waals surface area (Å²) in [6.07, 6.45) is 0.398. The summed E-state index contributed by atoms with van der Waals surface area (Å²) in [5, 5.41) is 9.82. The first kappa shape index (κ1) is 16.0. The molecule has 1 aromatic carbocycles. The Balaban J connectivity index is 2.60. The van der Waals surface area contributed by atoms with Crippen molar-refractivity contribution in [2.24, 2.45) is 0 Å². The SMILES string of the molecule is CCOC(=O)C1(C(=O)O)C(c2ccccc2)CCN1C(C)=O. The Morgan fingerprint density at radius 3 is 2.45 bits per heavy atom. The van der Waals surface area contributed by atoms with Crippen molar-refractivity contribution >= 4 is 17.8 Å². The van der Waals surface area contributed by atoms with Gasteiger partial charge in [-0.2, -0.15) is 0 Å². The quantitative estimate of drug-likeness (QED) is 0.671. The van der Waals surface area contributed by atoms with Crippen LogP contribution in [0, 0.1) is 0 Å². The maximum atomic E-state index is 12.5. The second-order valence-corrected chi connectivity index (χ2v) is 5.21. The van der Waals surface area contributed by atoms with Crippen molar-refractivity contribution in [2.75, 3.05) is 13.2 Å². The number of aliphatic carboxylic acids is 1. The Labute approximate surface area is 128 Å². The van der Waals surface area contributed by atoms with Crippen LogP contribution >= 0.6 is 0 Å². The molecule has 1 aliphatic heterocycles. The predicted octanol–water partition coefficient (Wildman–Crippen LogP) is 1.41. The number of rotatable bonds is 4. The molecule has 1 fully saturated rings. The minimum Gasteiger partial charge on any atom is -0.479 e. The zero-order valence-corrected chi connectivity index (χ0v) is 12.6. The number of carbonyl (C=O) groups is 3. The third kappa shape index (κ3) is 2.34. The van der Waals surface area contributed by atoms with E-state index in [0.29, 0.717) is 12.0 Å². The summed E-state index contributed by atoms with van der Waals surface area (Å²) in [6, 6.07) is 8.91. The number of carboxylic acid groups (broad SMARTS) is 1. The molecule has 0 aliphatic carbocycles. The Bertz CT molecular complexity index is 585. The van der Waals surface area contributed by atoms with Gasteiger partial charge in [-0.15, -0.1) is 0 Å². The van der Waals surface area contributed by atoms with Crippen molar-refractivity contribution in [3.05, 3.63) is 35.9 Å². The van der Waals surface area contributed by atoms with Crippen LogP contribution in [-0.4, -0.2) is 46.5 Å². The Morgan fingerprint density at radius 1 is 1.32 bits per heavy atom. The van der Waals surface area contributed by atoms with Crippen molar-refractivity contribution in [3.63, 3.8) is 0 Å². The number of nitrogens with zero attached hydrogens (tertiary/aromatic N) is 1. The topological polar surface area (TPSA) is 83.9 Å². The van der Waals surface area contributed by atoms with Gasteiger partial charge in [0.15, 0.2) is 0 Å². The molecule has 0 spiro atoms. The van der Waals surface area contributed by atoms with Gasteiger partial charge in [0.25, 0.3) is 0 Å². The summed E-state index contributed by atoms with van der Waals surface area (Å²) in [5.74, 6) is -3.32. The van der Waals surface area contributed by atoms with E-state index in [9.17, 15) is 19.5 Å². The van der Waals surface area contributed by atoms with Crippen LogP contribution < -0.4 is 0 Å². The second kappa shape index (κ2) is 6.17. The van der Waals surface area contributed by atoms with Crippen LogP contribution in [0.4, 0.5) is 0 Å². The van der Waals surface area contributed by atoms with E-state index in [2.05, 4.69) is 0 Å². The van der Waals surface area contributed by atoms with Crippen LogP contribution in [0.2, 0.25) is 0 Å². The maximum Gasteiger partial charge on any atom is 0.344 e. The highest BCUT2D eigenvalue weighted by Crippen LogP contribution is 2.43. The first-order valence-corrected chi connectivity index (χ1v) is 7.20. The maximum absolute atomic E-state index is 12.5. The lowest BCUT2D eigenvalue weighted by molar-refractivity contribution is -0.174. The predicted molar refractivity (Wildman–Crippen MR) is 78.2 cm³/mol. The van der Waals surface area contributed by atoms with Gasteiger partial charge in [-0.1, -0.05) is 30.3 Å². The van der Waals surface area contributed by atoms with E-state index < -0.39 is 29.3 Å². The van der Waals surface area contributed by atoms with Crippen molar-refractivity contribution in [2.45, 2.75) is 31.7 Å². The molecule has 118 valence electrons. The van der Waals surface area contributed by atoms with Crippen LogP contribution in [0.15, 0.2) is 30.3 Å². The van der Waals surface area contributed by atoms with E-state index in [1.54, 1.807) is 31.2 Å². The highest BCUT2D eigenvalue weighted by molar-refractivity contribution is 6.08. The number of likely N-dealkylation sites (tertiary alicyclic amines) is 1. The number of benzene rings is 1. The molecule has 22 heavy (non-hydrogen) atoms. The van der Waals surface area contributed by atoms with Crippen molar-refractivity contribution in [3.8, 4) is 0 Å². The summed E-state index contributed by atoms with van der Waals surface area (Å²) in [5.41, 5.74) is -1.29. The number of carboxylic acids is 1. The third-order valence-electron chi connectivity index (χ3n) is 4.07. The number of hydrogen-bond donors (Lipinski definition) is 1. The average Bonchev–Trinajstić information content (AvgIpc) is 2.89. The van der Waals surface area contributed by atoms with Gasteiger partial charge in [-0.3, -0.25) is 4.79 Å². The molecule has 2 unspecified atom stereocenters. The molecule has 0 saturated carbocycles. The molecule has 1 aliphatic rings. The zero-order chi connectivity index (χ0) is 16.3. The molecule has 0 bridgehead atoms. The standard InChI is InChI=1S/C16H19NO5/c1-3-22-15(21)16(14(19)20)13(9-10-17(16)11(2)18)12-7-5-4-6-8-12/h4-8,13H,3,9-10H2,1-2H3,(H,19,20). The van der Waals surface area contributed by atoms with Crippen molar-refractivity contribution in [1.29, 1.82) is 0 Å². The Kier molecular flexibility index (Phi) is 4.49. The average molecular weight is 305 g/mol. The normalized spacial score (nSPS) is 24.1. The molecule has 1 aromatic rings. The van der Waals surface area contributed by atoms with Crippen LogP contribution in [0.3, 0.4) is 0 Å². The number of amides is 1. The molecule has 1 amide bonds. The first-order chi connectivity index (χ1) is 10.5. The summed E-state index contributed by atoms with van der Waals surface area (Å²) < 4.78 is 5.01. The highest BCUT2D eigenvalue weighted by Gasteiger charge is 2.63. The third-order valence-corrected chi connectivity index (χ3v) is 4.07. The first-order valence-electron chi connectivity index (χ1n) is 7.20. The molecule has 2 rings (SSSR count). The van der Waals surface area contributed by atoms with E-state index >= 15 is 0 Å². The van der Waals surface area contributed by atoms with E-state index in [-0.39, 0.29) is 13.2 Å². The van der Waals surface area contributed by atoms with Gasteiger partial charge < -0.3 is 14.7 Å². The van der Waals surface area contributed by atoms with Gasteiger partial charge in [0, 0.05) is 19.4 Å². The summed E-state index contributed by atoms with van der Waals surface area (Å²) in [7, 11) is 0. The van der Waals surface area contributed by atoms with Crippen LogP contribution in [0.25, 0.3) is 0 Å². The van der Waals surface area contributed by atoms with Gasteiger partial charge in [-0.25, -0.2) is 9.59 Å². The molecule has 6 nitrogen and oxygen atoms in total. The molecule has 1 N–H and O–H groups in total. The van der Waals surface area contributed by atoms with Crippen LogP contribution in [0.1, 0.15) is 31.7 Å². The highest BCUT2D eigenvalue weighted by atomic mass is 16.5. The zero-order valence-electron chi connectivity index (χ0n) is 12.6. The number of esters is 1. The Hall–Kier alpha value is -2.37. The largest absolute Gasteiger partial charge is 0.479 e. The van der Waals surface area contributed by atoms with E-state index in [0.717, 1.165) is 4.90 Å². The van der Waals surface area contributed by atoms with Crippen LogP contribution in [0.5, 0.6) is 0 Å². The molecule has 2 atom stereocenters. The van der Waals surface area contributed by atoms with E-state index in [4.69, 9.17) is 4.74 Å². The summed E-state index contributed by atoms with van der Waals surface area (Å²) in [4.78, 5) is 37.6. The van der Waals surface area contributed by atoms with Gasteiger partial charge in [-0.05, 0) is 18.9 Å². The van der Waals surface area contributed by atoms with Gasteiger partial charge in [0.05, 0.1) is 6.61 Å². The molecule has 0 radical (unpaired) electrons. The molecule has 1 heterocycles. The lowest BCUT2D eigenvalue weighted by Crippen LogP contribution is -2.61. The fourth-order valence-electron chi connectivity index (χ4n) is 3.18. The van der Waals surface area contributed by atoms with Gasteiger partial charge in [0.2, 0.25) is 11.4 Å². The molecular weight excluding hydrogens is 286 g/mol. The second-order valence-electron chi connectivity index (χ2n) is 5.21. The van der Waals surface area contributed by atoms with Crippen LogP contribution in [-0.2, 0) is 19.1 Å². The molecule has 1 saturated heterocycles. The lowest BCUT2D eigenvalue weighted by Gasteiger charge is -2.35. The van der Waals surface area contributed by atoms with Crippen molar-refractivity contribution < 1.29 is 24.2 Å². The number of carbonyl (C=O) groups excluding carboxylic acids is 2. The molecule has 6 heteroatoms. The fraction of sp³-hybridized carbons (Fsp3) is 0.438. The monoisotopic (exact) mass is 305 g/mol. The minimum atomic E-state index is -2.00. The molecule has 0 aromatic heterocycles. The number of hydrogen-bond acceptors (Lipinski definition) is 4. The van der Waals surface area contributed by atoms with Crippen molar-refractivity contribution in [1.82, 2.24) is 4.90 Å². The summed E-state index contributed by atoms with van der Waals surface area (Å²) >= 11 is 0. The smallest absolute Gasteiger partial charge is 0.344 e. The minimum absolute atomic E-state index is 0.0567. The van der Waals surface area contributed by atoms with E-state index in [1.807, 2.05) is 6.07 Å². The lowest BCUT2D eigenvalue weighted by atomic mass is 9.79. The van der Waals surface area contributed by atoms with E-state index in [1.165, 1.54) is 6.92 Å². The molecular formula is C16H19NO5. The number of ether oxygens (including phenoxy) is 1. The Morgan fingerprint density at radius 2 is 1.95 bits per heavy atom. The van der Waals surface area contributed by atoms with Gasteiger partial charge in [0.1, 0.15) is 0 Å².